The number of hydrogen-bond acceptors (Lipinski definition) is 5. The van der Waals surface area contributed by atoms with E-state index in [1.165, 1.54) is 0 Å². The molecule has 0 fully saturated rings. The Morgan fingerprint density at radius 3 is 2.07 bits per heavy atom. The van der Waals surface area contributed by atoms with Crippen LogP contribution in [0.2, 0.25) is 0 Å². The van der Waals surface area contributed by atoms with Gasteiger partial charge in [-0.25, -0.2) is 9.59 Å². The number of ether oxygens (including phenoxy) is 2. The molecule has 0 bridgehead atoms. The molecule has 0 aliphatic carbocycles. The molecule has 0 aliphatic rings. The lowest BCUT2D eigenvalue weighted by Crippen LogP contribution is -2.57. The van der Waals surface area contributed by atoms with E-state index in [-0.39, 0.29) is 24.5 Å². The van der Waals surface area contributed by atoms with E-state index < -0.39 is 29.1 Å². The van der Waals surface area contributed by atoms with E-state index in [0.717, 1.165) is 0 Å². The Morgan fingerprint density at radius 2 is 1.67 bits per heavy atom. The summed E-state index contributed by atoms with van der Waals surface area (Å²) in [5.41, 5.74) is -0.999. The molecule has 0 aliphatic heterocycles. The van der Waals surface area contributed by atoms with E-state index in [1.54, 1.807) is 58.7 Å². The number of carbonyl (C=O) groups excluding carboxylic acids is 3. The van der Waals surface area contributed by atoms with Crippen LogP contribution in [0.4, 0.5) is 4.79 Å². The minimum absolute atomic E-state index is 0.0253. The Bertz CT molecular complexity index is 659. The van der Waals surface area contributed by atoms with Gasteiger partial charge in [0.25, 0.3) is 0 Å². The standard InChI is InChI=1S/C23H40N2O5/c1-12-23(9,10)18(24-21(28)30-22(6,7)8)19(26)25(11)17(15(3)4)14-16(5)20(27)29-13-2/h12,14-15,17-18H,1,13H2,2-11H3,(H,24,28)/t17-,18?/m1/s1. The minimum atomic E-state index is -0.896. The van der Waals surface area contributed by atoms with Gasteiger partial charge in [0.05, 0.1) is 12.6 Å². The van der Waals surface area contributed by atoms with E-state index in [1.807, 2.05) is 27.7 Å². The Kier molecular flexibility index (Phi) is 10.3. The highest BCUT2D eigenvalue weighted by atomic mass is 16.6. The summed E-state index contributed by atoms with van der Waals surface area (Å²) in [7, 11) is 1.66. The maximum atomic E-state index is 13.4. The molecule has 0 aromatic heterocycles. The van der Waals surface area contributed by atoms with Gasteiger partial charge in [-0.1, -0.05) is 39.8 Å². The monoisotopic (exact) mass is 424 g/mol. The van der Waals surface area contributed by atoms with Crippen LogP contribution in [0.15, 0.2) is 24.3 Å². The molecule has 7 nitrogen and oxygen atoms in total. The number of likely N-dealkylation sites (N-methyl/N-ethyl adjacent to an activating group) is 1. The molecule has 0 radical (unpaired) electrons. The predicted octanol–water partition coefficient (Wildman–Crippen LogP) is 4.08. The van der Waals surface area contributed by atoms with Crippen LogP contribution in [0.1, 0.15) is 62.3 Å². The lowest BCUT2D eigenvalue weighted by Gasteiger charge is -2.38. The first-order valence-electron chi connectivity index (χ1n) is 10.3. The van der Waals surface area contributed by atoms with Crippen molar-refractivity contribution < 1.29 is 23.9 Å². The van der Waals surface area contributed by atoms with Gasteiger partial charge in [-0.3, -0.25) is 4.79 Å². The van der Waals surface area contributed by atoms with E-state index in [0.29, 0.717) is 5.57 Å². The second kappa shape index (κ2) is 11.2. The third-order valence-corrected chi connectivity index (χ3v) is 4.67. The zero-order chi connectivity index (χ0) is 23.9. The van der Waals surface area contributed by atoms with Gasteiger partial charge in [-0.15, -0.1) is 6.58 Å². The highest BCUT2D eigenvalue weighted by molar-refractivity contribution is 5.89. The van der Waals surface area contributed by atoms with Crippen LogP contribution in [-0.4, -0.2) is 54.2 Å². The zero-order valence-electron chi connectivity index (χ0n) is 20.3. The molecule has 0 aromatic carbocycles. The molecule has 7 heteroatoms. The topological polar surface area (TPSA) is 84.9 Å². The summed E-state index contributed by atoms with van der Waals surface area (Å²) >= 11 is 0. The molecule has 0 aromatic rings. The van der Waals surface area contributed by atoms with Gasteiger partial charge in [0.1, 0.15) is 11.6 Å². The summed E-state index contributed by atoms with van der Waals surface area (Å²) in [6.07, 6.45) is 2.68. The molecule has 1 unspecified atom stereocenters. The van der Waals surface area contributed by atoms with Gasteiger partial charge in [-0.2, -0.15) is 0 Å². The summed E-state index contributed by atoms with van der Waals surface area (Å²) in [4.78, 5) is 39.4. The number of alkyl carbamates (subject to hydrolysis) is 1. The zero-order valence-corrected chi connectivity index (χ0v) is 20.3. The minimum Gasteiger partial charge on any atom is -0.463 e. The second-order valence-electron chi connectivity index (χ2n) is 9.36. The second-order valence-corrected chi connectivity index (χ2v) is 9.36. The maximum Gasteiger partial charge on any atom is 0.408 e. The summed E-state index contributed by atoms with van der Waals surface area (Å²) in [6.45, 7) is 20.3. The Balaban J connectivity index is 5.87. The summed E-state index contributed by atoms with van der Waals surface area (Å²) in [5.74, 6) is -0.700. The molecule has 172 valence electrons. The van der Waals surface area contributed by atoms with Crippen molar-refractivity contribution in [1.29, 1.82) is 0 Å². The van der Waals surface area contributed by atoms with Gasteiger partial charge in [0.2, 0.25) is 5.91 Å². The van der Waals surface area contributed by atoms with Crippen LogP contribution in [0.25, 0.3) is 0 Å². The number of nitrogens with zero attached hydrogens (tertiary/aromatic N) is 1. The Labute approximate surface area is 181 Å². The number of nitrogens with one attached hydrogen (secondary N) is 1. The smallest absolute Gasteiger partial charge is 0.408 e. The van der Waals surface area contributed by atoms with Crippen LogP contribution in [0.5, 0.6) is 0 Å². The van der Waals surface area contributed by atoms with Crippen molar-refractivity contribution in [3.8, 4) is 0 Å². The fourth-order valence-corrected chi connectivity index (χ4v) is 2.78. The van der Waals surface area contributed by atoms with Crippen molar-refractivity contribution in [3.05, 3.63) is 24.3 Å². The quantitative estimate of drug-likeness (QED) is 0.342. The van der Waals surface area contributed by atoms with E-state index in [4.69, 9.17) is 9.47 Å². The molecule has 0 rings (SSSR count). The van der Waals surface area contributed by atoms with Crippen molar-refractivity contribution >= 4 is 18.0 Å². The third-order valence-electron chi connectivity index (χ3n) is 4.67. The summed E-state index contributed by atoms with van der Waals surface area (Å²) in [5, 5.41) is 2.70. The van der Waals surface area contributed by atoms with E-state index in [9.17, 15) is 14.4 Å². The van der Waals surface area contributed by atoms with Crippen molar-refractivity contribution in [2.45, 2.75) is 80.0 Å². The molecular formula is C23H40N2O5. The SMILES string of the molecule is C=CC(C)(C)C(NC(=O)OC(C)(C)C)C(=O)N(C)[C@H](C=C(C)C(=O)OCC)C(C)C. The lowest BCUT2D eigenvalue weighted by molar-refractivity contribution is -0.139. The molecule has 2 atom stereocenters. The largest absolute Gasteiger partial charge is 0.463 e. The molecule has 0 saturated heterocycles. The van der Waals surface area contributed by atoms with Gasteiger partial charge < -0.3 is 19.7 Å². The number of hydrogen-bond donors (Lipinski definition) is 1. The average molecular weight is 425 g/mol. The van der Waals surface area contributed by atoms with Gasteiger partial charge in [0.15, 0.2) is 0 Å². The normalized spacial score (nSPS) is 14.6. The Hall–Kier alpha value is -2.31. The average Bonchev–Trinajstić information content (AvgIpc) is 2.61. The van der Waals surface area contributed by atoms with E-state index >= 15 is 0 Å². The van der Waals surface area contributed by atoms with Crippen molar-refractivity contribution in [2.24, 2.45) is 11.3 Å². The predicted molar refractivity (Wildman–Crippen MR) is 119 cm³/mol. The highest BCUT2D eigenvalue weighted by Crippen LogP contribution is 2.26. The Morgan fingerprint density at radius 1 is 1.13 bits per heavy atom. The van der Waals surface area contributed by atoms with Gasteiger partial charge >= 0.3 is 12.1 Å². The molecule has 2 amide bonds. The molecule has 0 saturated carbocycles. The maximum absolute atomic E-state index is 13.4. The molecule has 0 spiro atoms. The van der Waals surface area contributed by atoms with Crippen molar-refractivity contribution in [1.82, 2.24) is 10.2 Å². The summed E-state index contributed by atoms with van der Waals surface area (Å²) in [6, 6.07) is -1.27. The number of esters is 1. The van der Waals surface area contributed by atoms with Crippen molar-refractivity contribution in [3.63, 3.8) is 0 Å². The lowest BCUT2D eigenvalue weighted by atomic mass is 9.83. The van der Waals surface area contributed by atoms with Crippen LogP contribution >= 0.6 is 0 Å². The number of rotatable bonds is 9. The van der Waals surface area contributed by atoms with E-state index in [2.05, 4.69) is 11.9 Å². The third kappa shape index (κ3) is 8.59. The molecule has 0 heterocycles. The van der Waals surface area contributed by atoms with Crippen LogP contribution < -0.4 is 5.32 Å². The van der Waals surface area contributed by atoms with Crippen LogP contribution in [0.3, 0.4) is 0 Å². The molecule has 30 heavy (non-hydrogen) atoms. The summed E-state index contributed by atoms with van der Waals surface area (Å²) < 4.78 is 10.4. The highest BCUT2D eigenvalue weighted by Gasteiger charge is 2.39. The first kappa shape index (κ1) is 27.7. The first-order valence-corrected chi connectivity index (χ1v) is 10.3. The molecular weight excluding hydrogens is 384 g/mol. The van der Waals surface area contributed by atoms with Crippen LogP contribution in [-0.2, 0) is 19.1 Å². The van der Waals surface area contributed by atoms with Gasteiger partial charge in [-0.05, 0) is 40.5 Å². The number of carbonyl (C=O) groups is 3. The fraction of sp³-hybridized carbons (Fsp3) is 0.696. The molecule has 1 N–H and O–H groups in total. The number of amides is 2. The fourth-order valence-electron chi connectivity index (χ4n) is 2.78. The first-order chi connectivity index (χ1) is 13.6. The van der Waals surface area contributed by atoms with Gasteiger partial charge in [0, 0.05) is 18.0 Å². The van der Waals surface area contributed by atoms with Crippen LogP contribution in [0, 0.1) is 11.3 Å². The van der Waals surface area contributed by atoms with Crippen molar-refractivity contribution in [2.75, 3.05) is 13.7 Å².